The van der Waals surface area contributed by atoms with E-state index < -0.39 is 22.0 Å². The highest BCUT2D eigenvalue weighted by molar-refractivity contribution is 7.89. The minimum atomic E-state index is -3.87. The average molecular weight is 402 g/mol. The van der Waals surface area contributed by atoms with Crippen molar-refractivity contribution in [3.05, 3.63) is 42.5 Å². The number of benzene rings is 2. The van der Waals surface area contributed by atoms with Gasteiger partial charge in [0.05, 0.1) is 4.90 Å². The topological polar surface area (TPSA) is 74.7 Å². The molecule has 2 aromatic carbocycles. The van der Waals surface area contributed by atoms with Crippen molar-refractivity contribution in [2.45, 2.75) is 62.4 Å². The first kappa shape index (κ1) is 19.4. The number of carboxylic acid groups (broad SMARTS) is 1. The molecule has 1 saturated heterocycles. The summed E-state index contributed by atoms with van der Waals surface area (Å²) < 4.78 is 28.4. The van der Waals surface area contributed by atoms with Crippen LogP contribution in [0.1, 0.15) is 45.4 Å². The number of aliphatic carboxylic acids is 1. The van der Waals surface area contributed by atoms with E-state index in [2.05, 4.69) is 6.92 Å². The van der Waals surface area contributed by atoms with Crippen LogP contribution < -0.4 is 0 Å². The highest BCUT2D eigenvalue weighted by atomic mass is 32.2. The van der Waals surface area contributed by atoms with E-state index in [1.807, 2.05) is 24.3 Å². The van der Waals surface area contributed by atoms with E-state index in [1.165, 1.54) is 4.31 Å². The maximum absolute atomic E-state index is 13.5. The molecule has 2 bridgehead atoms. The predicted octanol–water partition coefficient (Wildman–Crippen LogP) is 4.27. The van der Waals surface area contributed by atoms with E-state index in [-0.39, 0.29) is 16.9 Å². The van der Waals surface area contributed by atoms with Crippen LogP contribution in [0.25, 0.3) is 10.8 Å². The van der Waals surface area contributed by atoms with Gasteiger partial charge in [-0.2, -0.15) is 4.31 Å². The summed E-state index contributed by atoms with van der Waals surface area (Å²) in [6.45, 7) is 2.15. The third-order valence-electron chi connectivity index (χ3n) is 6.45. The van der Waals surface area contributed by atoms with Crippen LogP contribution in [0.2, 0.25) is 0 Å². The number of rotatable bonds is 5. The van der Waals surface area contributed by atoms with Gasteiger partial charge in [0.1, 0.15) is 6.04 Å². The van der Waals surface area contributed by atoms with Crippen LogP contribution in [0.4, 0.5) is 0 Å². The smallest absolute Gasteiger partial charge is 0.322 e. The maximum atomic E-state index is 13.5. The fourth-order valence-corrected chi connectivity index (χ4v) is 7.14. The molecule has 4 rings (SSSR count). The molecule has 1 saturated carbocycles. The number of hydrogen-bond acceptors (Lipinski definition) is 3. The zero-order valence-electron chi connectivity index (χ0n) is 16.1. The zero-order chi connectivity index (χ0) is 19.9. The second-order valence-corrected chi connectivity index (χ2v) is 10.1. The van der Waals surface area contributed by atoms with Crippen LogP contribution in [-0.4, -0.2) is 35.9 Å². The molecule has 1 aliphatic carbocycles. The lowest BCUT2D eigenvalue weighted by atomic mass is 9.86. The minimum absolute atomic E-state index is 0.100. The Morgan fingerprint density at radius 1 is 1.11 bits per heavy atom. The minimum Gasteiger partial charge on any atom is -0.480 e. The van der Waals surface area contributed by atoms with Crippen molar-refractivity contribution in [2.24, 2.45) is 11.8 Å². The fraction of sp³-hybridized carbons (Fsp3) is 0.500. The molecule has 4 unspecified atom stereocenters. The molecule has 28 heavy (non-hydrogen) atoms. The predicted molar refractivity (Wildman–Crippen MR) is 109 cm³/mol. The highest BCUT2D eigenvalue weighted by Crippen LogP contribution is 2.45. The Balaban J connectivity index is 1.72. The molecule has 4 atom stereocenters. The molecule has 1 N–H and O–H groups in total. The largest absolute Gasteiger partial charge is 0.480 e. The molecule has 0 spiro atoms. The van der Waals surface area contributed by atoms with Crippen LogP contribution in [-0.2, 0) is 14.8 Å². The Morgan fingerprint density at radius 3 is 2.57 bits per heavy atom. The van der Waals surface area contributed by atoms with E-state index in [4.69, 9.17) is 0 Å². The lowest BCUT2D eigenvalue weighted by Gasteiger charge is -2.32. The highest BCUT2D eigenvalue weighted by Gasteiger charge is 2.52. The second kappa shape index (κ2) is 7.48. The first-order valence-electron chi connectivity index (χ1n) is 10.2. The monoisotopic (exact) mass is 401 g/mol. The van der Waals surface area contributed by atoms with Crippen molar-refractivity contribution in [1.82, 2.24) is 4.31 Å². The first-order valence-corrected chi connectivity index (χ1v) is 11.6. The maximum Gasteiger partial charge on any atom is 0.322 e. The molecule has 6 heteroatoms. The SMILES string of the molecule is CCCC1CCC2CC(C1)C(C(=O)O)N2S(=O)(=O)c1ccc2ccccc2c1. The first-order chi connectivity index (χ1) is 13.4. The summed E-state index contributed by atoms with van der Waals surface area (Å²) in [6.07, 6.45) is 5.36. The Kier molecular flexibility index (Phi) is 5.19. The standard InChI is InChI=1S/C22H27NO4S/c1-2-5-15-8-10-19-13-18(12-15)21(22(24)25)23(19)28(26,27)20-11-9-16-6-3-4-7-17(16)14-20/h3-4,6-7,9,11,14-15,18-19,21H,2,5,8,10,12-13H2,1H3,(H,24,25). The lowest BCUT2D eigenvalue weighted by Crippen LogP contribution is -2.47. The van der Waals surface area contributed by atoms with E-state index in [0.717, 1.165) is 42.9 Å². The van der Waals surface area contributed by atoms with Crippen LogP contribution >= 0.6 is 0 Å². The number of hydrogen-bond donors (Lipinski definition) is 1. The van der Waals surface area contributed by atoms with Crippen molar-refractivity contribution < 1.29 is 18.3 Å². The number of carbonyl (C=O) groups is 1. The Morgan fingerprint density at radius 2 is 1.86 bits per heavy atom. The summed E-state index contributed by atoms with van der Waals surface area (Å²) in [5, 5.41) is 11.7. The van der Waals surface area contributed by atoms with Crippen molar-refractivity contribution >= 4 is 26.8 Å². The van der Waals surface area contributed by atoms with Crippen molar-refractivity contribution in [1.29, 1.82) is 0 Å². The molecule has 5 nitrogen and oxygen atoms in total. The summed E-state index contributed by atoms with van der Waals surface area (Å²) in [5.41, 5.74) is 0. The van der Waals surface area contributed by atoms with Gasteiger partial charge in [-0.25, -0.2) is 8.42 Å². The van der Waals surface area contributed by atoms with Crippen molar-refractivity contribution in [2.75, 3.05) is 0 Å². The van der Waals surface area contributed by atoms with Crippen LogP contribution in [0.3, 0.4) is 0 Å². The Hall–Kier alpha value is -1.92. The van der Waals surface area contributed by atoms with E-state index >= 15 is 0 Å². The van der Waals surface area contributed by atoms with Crippen molar-refractivity contribution in [3.8, 4) is 0 Å². The molecule has 1 aliphatic heterocycles. The van der Waals surface area contributed by atoms with Gasteiger partial charge in [-0.15, -0.1) is 0 Å². The Labute approximate surface area is 166 Å². The molecule has 2 fully saturated rings. The van der Waals surface area contributed by atoms with Gasteiger partial charge in [0.25, 0.3) is 0 Å². The van der Waals surface area contributed by atoms with Gasteiger partial charge in [-0.05, 0) is 60.4 Å². The van der Waals surface area contributed by atoms with Gasteiger partial charge in [-0.1, -0.05) is 50.1 Å². The fourth-order valence-electron chi connectivity index (χ4n) is 5.24. The summed E-state index contributed by atoms with van der Waals surface area (Å²) in [7, 11) is -3.87. The number of sulfonamides is 1. The molecular formula is C22H27NO4S. The Bertz CT molecular complexity index is 987. The third-order valence-corrected chi connectivity index (χ3v) is 8.38. The molecule has 2 aromatic rings. The van der Waals surface area contributed by atoms with E-state index in [9.17, 15) is 18.3 Å². The van der Waals surface area contributed by atoms with Crippen LogP contribution in [0.15, 0.2) is 47.4 Å². The quantitative estimate of drug-likeness (QED) is 0.812. The summed E-state index contributed by atoms with van der Waals surface area (Å²) >= 11 is 0. The van der Waals surface area contributed by atoms with E-state index in [1.54, 1.807) is 18.2 Å². The van der Waals surface area contributed by atoms with Gasteiger partial charge in [-0.3, -0.25) is 4.79 Å². The van der Waals surface area contributed by atoms with E-state index in [0.29, 0.717) is 12.3 Å². The number of fused-ring (bicyclic) bond motifs is 3. The number of nitrogens with zero attached hydrogens (tertiary/aromatic N) is 1. The summed E-state index contributed by atoms with van der Waals surface area (Å²) in [5.74, 6) is -0.613. The lowest BCUT2D eigenvalue weighted by molar-refractivity contribution is -0.142. The summed E-state index contributed by atoms with van der Waals surface area (Å²) in [4.78, 5) is 12.3. The van der Waals surface area contributed by atoms with Gasteiger partial charge < -0.3 is 5.11 Å². The van der Waals surface area contributed by atoms with Gasteiger partial charge in [0.2, 0.25) is 10.0 Å². The van der Waals surface area contributed by atoms with Crippen LogP contribution in [0.5, 0.6) is 0 Å². The molecule has 150 valence electrons. The molecular weight excluding hydrogens is 374 g/mol. The zero-order valence-corrected chi connectivity index (χ0v) is 16.9. The second-order valence-electron chi connectivity index (χ2n) is 8.24. The normalized spacial score (nSPS) is 28.3. The molecule has 0 aromatic heterocycles. The van der Waals surface area contributed by atoms with Gasteiger partial charge >= 0.3 is 5.97 Å². The van der Waals surface area contributed by atoms with Crippen LogP contribution in [0, 0.1) is 11.8 Å². The molecule has 0 radical (unpaired) electrons. The van der Waals surface area contributed by atoms with Gasteiger partial charge in [0, 0.05) is 6.04 Å². The molecule has 0 amide bonds. The number of carboxylic acids is 1. The van der Waals surface area contributed by atoms with Gasteiger partial charge in [0.15, 0.2) is 0 Å². The average Bonchev–Trinajstić information content (AvgIpc) is 2.92. The summed E-state index contributed by atoms with van der Waals surface area (Å²) in [6, 6.07) is 11.5. The molecule has 2 aliphatic rings. The third kappa shape index (κ3) is 3.33. The van der Waals surface area contributed by atoms with Crippen molar-refractivity contribution in [3.63, 3.8) is 0 Å². The molecule has 1 heterocycles.